The number of benzene rings is 2. The van der Waals surface area contributed by atoms with Gasteiger partial charge in [0, 0.05) is 36.0 Å². The molecule has 3 heterocycles. The molecule has 0 saturated carbocycles. The van der Waals surface area contributed by atoms with E-state index in [-0.39, 0.29) is 0 Å². The molecule has 1 saturated heterocycles. The van der Waals surface area contributed by atoms with Gasteiger partial charge in [-0.3, -0.25) is 4.98 Å². The number of hydrogen-bond acceptors (Lipinski definition) is 5. The molecule has 2 aromatic carbocycles. The van der Waals surface area contributed by atoms with E-state index < -0.39 is 11.7 Å². The van der Waals surface area contributed by atoms with E-state index in [2.05, 4.69) is 32.2 Å². The normalized spacial score (nSPS) is 16.8. The first-order valence-corrected chi connectivity index (χ1v) is 13.1. The molecule has 0 N–H and O–H groups in total. The van der Waals surface area contributed by atoms with Crippen molar-refractivity contribution in [3.05, 3.63) is 71.4 Å². The molecule has 0 aliphatic carbocycles. The predicted octanol–water partition coefficient (Wildman–Crippen LogP) is 6.33. The number of pyridine rings is 1. The Morgan fingerprint density at radius 1 is 1.03 bits per heavy atom. The van der Waals surface area contributed by atoms with Crippen LogP contribution in [0.4, 0.5) is 13.2 Å². The van der Waals surface area contributed by atoms with Gasteiger partial charge in [-0.15, -0.1) is 10.2 Å². The summed E-state index contributed by atoms with van der Waals surface area (Å²) in [6.07, 6.45) is -2.30. The highest BCUT2D eigenvalue weighted by atomic mass is 32.2. The summed E-state index contributed by atoms with van der Waals surface area (Å²) < 4.78 is 40.5. The number of nitrogens with zero attached hydrogens (tertiary/aromatic N) is 5. The van der Waals surface area contributed by atoms with E-state index in [0.29, 0.717) is 5.92 Å². The maximum absolute atomic E-state index is 12.8. The molecule has 5 nitrogen and oxygen atoms in total. The fourth-order valence-corrected chi connectivity index (χ4v) is 5.67. The number of rotatable bonds is 7. The van der Waals surface area contributed by atoms with Gasteiger partial charge in [0.15, 0.2) is 11.0 Å². The summed E-state index contributed by atoms with van der Waals surface area (Å²) in [5.41, 5.74) is 3.36. The third-order valence-electron chi connectivity index (χ3n) is 6.78. The number of aromatic nitrogens is 4. The van der Waals surface area contributed by atoms with Crippen LogP contribution in [0.5, 0.6) is 0 Å². The van der Waals surface area contributed by atoms with Gasteiger partial charge in [0.1, 0.15) is 0 Å². The van der Waals surface area contributed by atoms with Gasteiger partial charge in [0.25, 0.3) is 0 Å². The van der Waals surface area contributed by atoms with E-state index in [9.17, 15) is 13.2 Å². The molecule has 1 fully saturated rings. The van der Waals surface area contributed by atoms with Gasteiger partial charge in [-0.2, -0.15) is 13.2 Å². The monoisotopic (exact) mass is 511 g/mol. The lowest BCUT2D eigenvalue weighted by atomic mass is 9.97. The summed E-state index contributed by atoms with van der Waals surface area (Å²) in [5, 5.41) is 10.8. The Morgan fingerprint density at radius 3 is 2.61 bits per heavy atom. The third-order valence-corrected chi connectivity index (χ3v) is 7.89. The van der Waals surface area contributed by atoms with E-state index in [4.69, 9.17) is 0 Å². The summed E-state index contributed by atoms with van der Waals surface area (Å²) in [6, 6.07) is 15.8. The molecule has 2 aromatic heterocycles. The molecule has 5 rings (SSSR count). The van der Waals surface area contributed by atoms with Crippen LogP contribution >= 0.6 is 11.8 Å². The third kappa shape index (κ3) is 5.27. The van der Waals surface area contributed by atoms with Crippen LogP contribution in [0.1, 0.15) is 35.6 Å². The maximum Gasteiger partial charge on any atom is 0.416 e. The second-order valence-electron chi connectivity index (χ2n) is 9.30. The van der Waals surface area contributed by atoms with Crippen molar-refractivity contribution in [3.63, 3.8) is 0 Å². The van der Waals surface area contributed by atoms with Crippen LogP contribution in [0.25, 0.3) is 22.3 Å². The van der Waals surface area contributed by atoms with Gasteiger partial charge >= 0.3 is 6.18 Å². The van der Waals surface area contributed by atoms with E-state index >= 15 is 0 Å². The Kier molecular flexibility index (Phi) is 7.03. The van der Waals surface area contributed by atoms with Crippen molar-refractivity contribution in [2.45, 2.75) is 37.0 Å². The quantitative estimate of drug-likeness (QED) is 0.214. The number of likely N-dealkylation sites (tertiary alicyclic amines) is 1. The largest absolute Gasteiger partial charge is 0.416 e. The first-order valence-electron chi connectivity index (χ1n) is 12.1. The van der Waals surface area contributed by atoms with Crippen molar-refractivity contribution in [1.82, 2.24) is 24.6 Å². The van der Waals surface area contributed by atoms with Crippen molar-refractivity contribution in [2.24, 2.45) is 7.05 Å². The van der Waals surface area contributed by atoms with Crippen LogP contribution in [0.15, 0.2) is 59.8 Å². The maximum atomic E-state index is 12.8. The first kappa shape index (κ1) is 24.8. The highest BCUT2D eigenvalue weighted by Gasteiger charge is 2.31. The molecule has 1 aliphatic heterocycles. The molecule has 0 radical (unpaired) electrons. The van der Waals surface area contributed by atoms with Crippen molar-refractivity contribution >= 4 is 22.7 Å². The number of hydrogen-bond donors (Lipinski definition) is 0. The average Bonchev–Trinajstić information content (AvgIpc) is 3.47. The summed E-state index contributed by atoms with van der Waals surface area (Å²) >= 11 is 1.70. The summed E-state index contributed by atoms with van der Waals surface area (Å²) in [5.74, 6) is 2.04. The molecule has 0 amide bonds. The first-order chi connectivity index (χ1) is 17.3. The van der Waals surface area contributed by atoms with Crippen LogP contribution in [0, 0.1) is 6.92 Å². The zero-order valence-corrected chi connectivity index (χ0v) is 21.1. The lowest BCUT2D eigenvalue weighted by Gasteiger charge is -2.16. The second kappa shape index (κ2) is 10.2. The highest BCUT2D eigenvalue weighted by molar-refractivity contribution is 7.99. The van der Waals surface area contributed by atoms with Crippen LogP contribution in [-0.2, 0) is 13.2 Å². The molecule has 36 heavy (non-hydrogen) atoms. The summed E-state index contributed by atoms with van der Waals surface area (Å²) in [4.78, 5) is 7.02. The smallest absolute Gasteiger partial charge is 0.305 e. The Labute approximate surface area is 212 Å². The van der Waals surface area contributed by atoms with Crippen molar-refractivity contribution in [2.75, 3.05) is 25.4 Å². The number of aryl methyl sites for hydroxylation is 1. The Morgan fingerprint density at radius 2 is 1.83 bits per heavy atom. The van der Waals surface area contributed by atoms with Crippen LogP contribution < -0.4 is 0 Å². The number of fused-ring (bicyclic) bond motifs is 1. The molecule has 0 bridgehead atoms. The van der Waals surface area contributed by atoms with Crippen molar-refractivity contribution in [3.8, 4) is 11.4 Å². The Hall–Kier alpha value is -2.91. The number of halogens is 3. The van der Waals surface area contributed by atoms with Gasteiger partial charge in [-0.25, -0.2) is 0 Å². The zero-order chi connectivity index (χ0) is 25.3. The van der Waals surface area contributed by atoms with Gasteiger partial charge in [0.05, 0.1) is 11.1 Å². The van der Waals surface area contributed by atoms with E-state index in [1.165, 1.54) is 12.1 Å². The second-order valence-corrected chi connectivity index (χ2v) is 10.4. The topological polar surface area (TPSA) is 46.8 Å². The predicted molar refractivity (Wildman–Crippen MR) is 137 cm³/mol. The highest BCUT2D eigenvalue weighted by Crippen LogP contribution is 2.33. The average molecular weight is 512 g/mol. The molecule has 9 heteroatoms. The van der Waals surface area contributed by atoms with Gasteiger partial charge in [-0.1, -0.05) is 42.1 Å². The fraction of sp³-hybridized carbons (Fsp3) is 0.370. The number of thioether (sulfide) groups is 1. The lowest BCUT2D eigenvalue weighted by Crippen LogP contribution is -2.22. The number of alkyl halides is 3. The molecular formula is C27H28F3N5S. The van der Waals surface area contributed by atoms with Gasteiger partial charge in [-0.05, 0) is 68.6 Å². The Bertz CT molecular complexity index is 1350. The van der Waals surface area contributed by atoms with Gasteiger partial charge in [0.2, 0.25) is 0 Å². The molecule has 1 atom stereocenters. The van der Waals surface area contributed by atoms with Crippen molar-refractivity contribution < 1.29 is 13.2 Å². The van der Waals surface area contributed by atoms with Crippen molar-refractivity contribution in [1.29, 1.82) is 0 Å². The molecule has 0 unspecified atom stereocenters. The molecule has 0 spiro atoms. The minimum atomic E-state index is -4.29. The summed E-state index contributed by atoms with van der Waals surface area (Å²) in [6.45, 7) is 4.81. The van der Waals surface area contributed by atoms with Crippen LogP contribution in [0.2, 0.25) is 0 Å². The van der Waals surface area contributed by atoms with E-state index in [1.54, 1.807) is 23.9 Å². The van der Waals surface area contributed by atoms with Crippen LogP contribution in [0.3, 0.4) is 0 Å². The minimum Gasteiger partial charge on any atom is -0.305 e. The standard InChI is InChI=1S/C27H28F3N5S/c1-18-7-12-22-23(5-3-6-24(22)31-18)25-32-33-26(34(25)2)36-16-4-14-35-15-13-20(17-35)19-8-10-21(11-9-19)27(28,29)30/h3,5-12,20H,4,13-17H2,1-2H3/t20-/m0/s1. The molecule has 188 valence electrons. The van der Waals surface area contributed by atoms with Gasteiger partial charge < -0.3 is 9.47 Å². The summed E-state index contributed by atoms with van der Waals surface area (Å²) in [7, 11) is 1.99. The molecular weight excluding hydrogens is 483 g/mol. The SMILES string of the molecule is Cc1ccc2c(-c3nnc(SCCCN4CC[C@H](c5ccc(C(F)(F)F)cc5)C4)n3C)cccc2n1. The zero-order valence-electron chi connectivity index (χ0n) is 20.3. The molecule has 1 aliphatic rings. The lowest BCUT2D eigenvalue weighted by molar-refractivity contribution is -0.137. The van der Waals surface area contributed by atoms with E-state index in [0.717, 1.165) is 76.9 Å². The molecule has 4 aromatic rings. The van der Waals surface area contributed by atoms with Crippen LogP contribution in [-0.4, -0.2) is 50.0 Å². The fourth-order valence-electron chi connectivity index (χ4n) is 4.83. The minimum absolute atomic E-state index is 0.292. The van der Waals surface area contributed by atoms with E-state index in [1.807, 2.05) is 36.7 Å². The Balaban J connectivity index is 1.14.